The molecule has 198 valence electrons. The van der Waals surface area contributed by atoms with Crippen LogP contribution >= 0.6 is 0 Å². The van der Waals surface area contributed by atoms with Gasteiger partial charge in [0.15, 0.2) is 0 Å². The lowest BCUT2D eigenvalue weighted by Crippen LogP contribution is -1.98. The van der Waals surface area contributed by atoms with E-state index in [0.29, 0.717) is 0 Å². The third-order valence-corrected chi connectivity index (χ3v) is 8.82. The third kappa shape index (κ3) is 4.35. The number of anilines is 1. The van der Waals surface area contributed by atoms with Gasteiger partial charge in [-0.2, -0.15) is 0 Å². The molecule has 0 atom stereocenters. The highest BCUT2D eigenvalue weighted by atomic mass is 14.6. The Morgan fingerprint density at radius 1 is 0.463 bits per heavy atom. The maximum atomic E-state index is 6.21. The van der Waals surface area contributed by atoms with Gasteiger partial charge in [-0.05, 0) is 98.2 Å². The van der Waals surface area contributed by atoms with Crippen LogP contribution in [-0.2, 0) is 12.8 Å². The first kappa shape index (κ1) is 25.1. The number of benzene rings is 6. The maximum absolute atomic E-state index is 6.21. The van der Waals surface area contributed by atoms with E-state index in [2.05, 4.69) is 141 Å². The van der Waals surface area contributed by atoms with Crippen molar-refractivity contribution in [1.82, 2.24) is 0 Å². The molecule has 2 N–H and O–H groups in total. The largest absolute Gasteiger partial charge is 0.398 e. The van der Waals surface area contributed by atoms with E-state index in [1.807, 2.05) is 0 Å². The Labute approximate surface area is 243 Å². The average Bonchev–Trinajstić information content (AvgIpc) is 3.59. The second-order valence-corrected chi connectivity index (χ2v) is 11.2. The van der Waals surface area contributed by atoms with Crippen LogP contribution in [0.15, 0.2) is 127 Å². The Bertz CT molecular complexity index is 1900. The number of hydrogen-bond donors (Lipinski definition) is 1. The average molecular weight is 528 g/mol. The topological polar surface area (TPSA) is 26.0 Å². The highest BCUT2D eigenvalue weighted by Gasteiger charge is 2.24. The fourth-order valence-corrected chi connectivity index (χ4v) is 6.56. The van der Waals surface area contributed by atoms with Crippen molar-refractivity contribution >= 4 is 5.69 Å². The molecule has 0 amide bonds. The maximum Gasteiger partial charge on any atom is 0.0388 e. The molecular weight excluding hydrogens is 494 g/mol. The molecular formula is C40H33N. The van der Waals surface area contributed by atoms with E-state index in [-0.39, 0.29) is 0 Å². The van der Waals surface area contributed by atoms with Crippen molar-refractivity contribution in [3.8, 4) is 44.5 Å². The molecule has 2 aliphatic rings. The van der Waals surface area contributed by atoms with Crippen molar-refractivity contribution in [1.29, 1.82) is 0 Å². The smallest absolute Gasteiger partial charge is 0.0388 e. The van der Waals surface area contributed by atoms with Crippen molar-refractivity contribution in [2.75, 3.05) is 5.73 Å². The van der Waals surface area contributed by atoms with Gasteiger partial charge in [0.25, 0.3) is 0 Å². The van der Waals surface area contributed by atoms with Crippen LogP contribution < -0.4 is 5.73 Å². The minimum atomic E-state index is 0.978. The summed E-state index contributed by atoms with van der Waals surface area (Å²) in [5.41, 5.74) is 26.0. The van der Waals surface area contributed by atoms with Gasteiger partial charge in [-0.1, -0.05) is 127 Å². The molecule has 0 heterocycles. The summed E-state index contributed by atoms with van der Waals surface area (Å²) in [5.74, 6) is 0. The third-order valence-electron chi connectivity index (χ3n) is 8.82. The molecule has 0 aliphatic heterocycles. The van der Waals surface area contributed by atoms with Crippen molar-refractivity contribution in [3.63, 3.8) is 0 Å². The van der Waals surface area contributed by atoms with E-state index in [9.17, 15) is 0 Å². The lowest BCUT2D eigenvalue weighted by molar-refractivity contribution is 1.24. The zero-order valence-corrected chi connectivity index (χ0v) is 23.6. The fourth-order valence-electron chi connectivity index (χ4n) is 6.56. The molecule has 8 rings (SSSR count). The van der Waals surface area contributed by atoms with Crippen molar-refractivity contribution in [2.24, 2.45) is 0 Å². The van der Waals surface area contributed by atoms with Crippen LogP contribution in [0.5, 0.6) is 0 Å². The number of nitrogen functional groups attached to an aromatic ring is 1. The normalized spacial score (nSPS) is 12.0. The Morgan fingerprint density at radius 2 is 0.976 bits per heavy atom. The molecule has 6 aromatic rings. The number of aryl methyl sites for hydroxylation is 1. The van der Waals surface area contributed by atoms with Crippen LogP contribution in [0.25, 0.3) is 44.5 Å². The SMILES string of the molecule is Cc1cc2c(c(N)c1C)Cc1ccccc1-2.c1ccc(-c2ccc3c(c2-c2ccccc2)Cc2ccccc2-3)cc1. The molecule has 0 unspecified atom stereocenters. The van der Waals surface area contributed by atoms with Crippen LogP contribution in [0.3, 0.4) is 0 Å². The first-order valence-electron chi connectivity index (χ1n) is 14.4. The second-order valence-electron chi connectivity index (χ2n) is 11.2. The van der Waals surface area contributed by atoms with Gasteiger partial charge in [0.2, 0.25) is 0 Å². The van der Waals surface area contributed by atoms with Gasteiger partial charge in [-0.3, -0.25) is 0 Å². The molecule has 0 saturated carbocycles. The number of nitrogens with two attached hydrogens (primary N) is 1. The van der Waals surface area contributed by atoms with Gasteiger partial charge in [0.1, 0.15) is 0 Å². The second kappa shape index (κ2) is 10.3. The quantitative estimate of drug-likeness (QED) is 0.222. The van der Waals surface area contributed by atoms with Gasteiger partial charge in [0, 0.05) is 12.1 Å². The zero-order chi connectivity index (χ0) is 27.9. The minimum Gasteiger partial charge on any atom is -0.398 e. The highest BCUT2D eigenvalue weighted by Crippen LogP contribution is 2.46. The summed E-state index contributed by atoms with van der Waals surface area (Å²) in [7, 11) is 0. The van der Waals surface area contributed by atoms with E-state index in [1.54, 1.807) is 0 Å². The zero-order valence-electron chi connectivity index (χ0n) is 23.6. The molecule has 0 aromatic heterocycles. The van der Waals surface area contributed by atoms with Crippen molar-refractivity contribution in [3.05, 3.63) is 161 Å². The lowest BCUT2D eigenvalue weighted by Gasteiger charge is -2.16. The van der Waals surface area contributed by atoms with Gasteiger partial charge >= 0.3 is 0 Å². The van der Waals surface area contributed by atoms with Gasteiger partial charge in [0.05, 0.1) is 0 Å². The molecule has 0 spiro atoms. The number of rotatable bonds is 2. The standard InChI is InChI=1S/C25H18.C15H15N/c1-3-9-18(10-4-1)22-15-16-23-21-14-8-7-13-20(21)17-24(23)25(22)19-11-5-2-6-12-19;1-9-7-13-12-6-4-3-5-11(12)8-14(13)15(16)10(9)2/h1-16H,17H2;3-7H,8,16H2,1-2H3. The molecule has 2 aliphatic carbocycles. The summed E-state index contributed by atoms with van der Waals surface area (Å²) >= 11 is 0. The Hall–Kier alpha value is -4.88. The fraction of sp³-hybridized carbons (Fsp3) is 0.100. The summed E-state index contributed by atoms with van der Waals surface area (Å²) in [6, 6.07) is 45.8. The molecule has 0 saturated heterocycles. The summed E-state index contributed by atoms with van der Waals surface area (Å²) in [4.78, 5) is 0. The van der Waals surface area contributed by atoms with E-state index < -0.39 is 0 Å². The van der Waals surface area contributed by atoms with E-state index in [0.717, 1.165) is 18.5 Å². The summed E-state index contributed by atoms with van der Waals surface area (Å²) in [6.45, 7) is 4.24. The Kier molecular flexibility index (Phi) is 6.29. The molecule has 0 bridgehead atoms. The van der Waals surface area contributed by atoms with Gasteiger partial charge in [-0.15, -0.1) is 0 Å². The van der Waals surface area contributed by atoms with Crippen LogP contribution in [0.1, 0.15) is 33.4 Å². The molecule has 41 heavy (non-hydrogen) atoms. The first-order chi connectivity index (χ1) is 20.1. The number of fused-ring (bicyclic) bond motifs is 6. The monoisotopic (exact) mass is 527 g/mol. The van der Waals surface area contributed by atoms with Crippen LogP contribution in [0.2, 0.25) is 0 Å². The highest BCUT2D eigenvalue weighted by molar-refractivity contribution is 5.93. The summed E-state index contributed by atoms with van der Waals surface area (Å²) < 4.78 is 0. The predicted octanol–water partition coefficient (Wildman–Crippen LogP) is 10.0. The van der Waals surface area contributed by atoms with Crippen molar-refractivity contribution < 1.29 is 0 Å². The molecule has 1 heteroatoms. The first-order valence-corrected chi connectivity index (χ1v) is 14.4. The molecule has 0 radical (unpaired) electrons. The van der Waals surface area contributed by atoms with E-state index in [4.69, 9.17) is 5.73 Å². The van der Waals surface area contributed by atoms with Crippen molar-refractivity contribution in [2.45, 2.75) is 26.7 Å². The molecule has 6 aromatic carbocycles. The summed E-state index contributed by atoms with van der Waals surface area (Å²) in [6.07, 6.45) is 1.99. The molecule has 0 fully saturated rings. The van der Waals surface area contributed by atoms with E-state index in [1.165, 1.54) is 77.9 Å². The Morgan fingerprint density at radius 3 is 1.63 bits per heavy atom. The van der Waals surface area contributed by atoms with Crippen LogP contribution in [-0.4, -0.2) is 0 Å². The van der Waals surface area contributed by atoms with Gasteiger partial charge in [-0.25, -0.2) is 0 Å². The van der Waals surface area contributed by atoms with Gasteiger partial charge < -0.3 is 5.73 Å². The molecule has 1 nitrogen and oxygen atoms in total. The Balaban J connectivity index is 0.000000149. The summed E-state index contributed by atoms with van der Waals surface area (Å²) in [5, 5.41) is 0. The lowest BCUT2D eigenvalue weighted by atomic mass is 9.88. The minimum absolute atomic E-state index is 0.978. The van der Waals surface area contributed by atoms with E-state index >= 15 is 0 Å². The predicted molar refractivity (Wildman–Crippen MR) is 174 cm³/mol. The number of hydrogen-bond acceptors (Lipinski definition) is 1. The van der Waals surface area contributed by atoms with Crippen LogP contribution in [0.4, 0.5) is 5.69 Å². The van der Waals surface area contributed by atoms with Crippen LogP contribution in [0, 0.1) is 13.8 Å².